The van der Waals surface area contributed by atoms with Gasteiger partial charge in [0.05, 0.1) is 0 Å². The average molecular weight is 571 g/mol. The van der Waals surface area contributed by atoms with E-state index in [0.29, 0.717) is 30.0 Å². The minimum absolute atomic E-state index is 0.0128. The predicted octanol–water partition coefficient (Wildman–Crippen LogP) is 6.94. The molecule has 202 valence electrons. The molecule has 3 aliphatic rings. The number of hydrazone groups is 1. The molecule has 0 bridgehead atoms. The summed E-state index contributed by atoms with van der Waals surface area (Å²) in [6, 6.07) is 3.96. The van der Waals surface area contributed by atoms with Crippen molar-refractivity contribution < 1.29 is 13.6 Å². The van der Waals surface area contributed by atoms with E-state index in [0.717, 1.165) is 55.7 Å². The Morgan fingerprint density at radius 3 is 2.44 bits per heavy atom. The number of hydrogen-bond donors (Lipinski definition) is 1. The highest BCUT2D eigenvalue weighted by atomic mass is 79.9. The molecule has 2 amide bonds. The monoisotopic (exact) mass is 569 g/mol. The van der Waals surface area contributed by atoms with Gasteiger partial charge in [-0.2, -0.15) is 5.10 Å². The zero-order valence-electron chi connectivity index (χ0n) is 22.2. The van der Waals surface area contributed by atoms with E-state index in [-0.39, 0.29) is 17.6 Å². The predicted molar refractivity (Wildman–Crippen MR) is 147 cm³/mol. The smallest absolute Gasteiger partial charge is 0.317 e. The second-order valence-corrected chi connectivity index (χ2v) is 10.5. The first kappa shape index (κ1) is 28.7. The number of urea groups is 1. The van der Waals surface area contributed by atoms with Crippen LogP contribution in [0.4, 0.5) is 19.3 Å². The summed E-state index contributed by atoms with van der Waals surface area (Å²) in [5.74, 6) is 0.872. The van der Waals surface area contributed by atoms with Gasteiger partial charge in [-0.1, -0.05) is 49.0 Å². The molecule has 0 saturated heterocycles. The molecule has 1 aliphatic carbocycles. The Bertz CT molecular complexity index is 906. The molecule has 1 saturated carbocycles. The van der Waals surface area contributed by atoms with Crippen LogP contribution in [0.15, 0.2) is 21.7 Å². The first-order valence-electron chi connectivity index (χ1n) is 13.6. The first-order chi connectivity index (χ1) is 17.4. The largest absolute Gasteiger partial charge is 0.341 e. The molecule has 2 heterocycles. The first-order valence-corrected chi connectivity index (χ1v) is 14.4. The lowest BCUT2D eigenvalue weighted by atomic mass is 9.94. The van der Waals surface area contributed by atoms with Crippen molar-refractivity contribution >= 4 is 33.5 Å². The standard InChI is InChI=1S/C25H36BrF2N5O.C2H6/c1-17-10-13-31(25(34)29-2)14-11-23(30-33(17)19-8-4-3-5-9-19)32-12-6-7-18-15-21(26)20(24(27)28)16-22(18)32;1-2/h15-17,19,24H,3-14H2,1-2H3,(H,29,34);1-2H3/b30-23+;. The molecule has 1 unspecified atom stereocenters. The van der Waals surface area contributed by atoms with Gasteiger partial charge in [-0.3, -0.25) is 5.01 Å². The van der Waals surface area contributed by atoms with Gasteiger partial charge in [0.15, 0.2) is 0 Å². The molecule has 2 aliphatic heterocycles. The van der Waals surface area contributed by atoms with E-state index in [4.69, 9.17) is 5.10 Å². The summed E-state index contributed by atoms with van der Waals surface area (Å²) < 4.78 is 27.9. The second kappa shape index (κ2) is 13.6. The molecule has 0 aromatic heterocycles. The zero-order chi connectivity index (χ0) is 26.2. The number of hydrogen-bond acceptors (Lipinski definition) is 4. The van der Waals surface area contributed by atoms with E-state index in [1.165, 1.54) is 19.3 Å². The number of nitrogens with one attached hydrogen (secondary N) is 1. The van der Waals surface area contributed by atoms with Crippen LogP contribution < -0.4 is 10.2 Å². The maximum Gasteiger partial charge on any atom is 0.317 e. The molecule has 1 N–H and O–H groups in total. The molecule has 0 spiro atoms. The van der Waals surface area contributed by atoms with E-state index in [2.05, 4.69) is 38.1 Å². The van der Waals surface area contributed by atoms with Gasteiger partial charge >= 0.3 is 6.03 Å². The number of nitrogens with zero attached hydrogens (tertiary/aromatic N) is 4. The van der Waals surface area contributed by atoms with Crippen LogP contribution in [0.25, 0.3) is 0 Å². The van der Waals surface area contributed by atoms with E-state index in [9.17, 15) is 13.6 Å². The van der Waals surface area contributed by atoms with Crippen LogP contribution in [0, 0.1) is 0 Å². The molecule has 4 rings (SSSR count). The number of anilines is 1. The maximum atomic E-state index is 13.7. The SMILES string of the molecule is CC.CNC(=O)N1CC/C(N2CCCc3cc(Br)c(C(F)F)cc32)=N\N(C2CCCCC2)C(C)CC1. The number of rotatable bonds is 2. The molecule has 1 aromatic carbocycles. The third kappa shape index (κ3) is 6.69. The van der Waals surface area contributed by atoms with Gasteiger partial charge in [-0.05, 0) is 56.7 Å². The summed E-state index contributed by atoms with van der Waals surface area (Å²) >= 11 is 3.34. The molecule has 0 radical (unpaired) electrons. The van der Waals surface area contributed by atoms with E-state index < -0.39 is 6.43 Å². The quantitative estimate of drug-likeness (QED) is 0.419. The normalized spacial score (nSPS) is 22.9. The van der Waals surface area contributed by atoms with Gasteiger partial charge in [0.2, 0.25) is 0 Å². The lowest BCUT2D eigenvalue weighted by Gasteiger charge is -2.39. The van der Waals surface area contributed by atoms with Crippen molar-refractivity contribution in [1.82, 2.24) is 15.2 Å². The van der Waals surface area contributed by atoms with Crippen LogP contribution >= 0.6 is 15.9 Å². The van der Waals surface area contributed by atoms with Crippen molar-refractivity contribution in [2.45, 2.75) is 97.1 Å². The molecule has 9 heteroatoms. The zero-order valence-corrected chi connectivity index (χ0v) is 23.8. The fourth-order valence-corrected chi connectivity index (χ4v) is 6.06. The summed E-state index contributed by atoms with van der Waals surface area (Å²) in [6.45, 7) is 8.15. The van der Waals surface area contributed by atoms with Crippen LogP contribution in [0.2, 0.25) is 0 Å². The Kier molecular flexibility index (Phi) is 10.8. The summed E-state index contributed by atoms with van der Waals surface area (Å²) in [5, 5.41) is 10.3. The maximum absolute atomic E-state index is 13.7. The van der Waals surface area contributed by atoms with Crippen LogP contribution in [0.5, 0.6) is 0 Å². The number of alkyl halides is 2. The number of fused-ring (bicyclic) bond motifs is 1. The minimum atomic E-state index is -2.55. The number of amidine groups is 1. The number of aryl methyl sites for hydroxylation is 1. The van der Waals surface area contributed by atoms with Crippen LogP contribution in [0.3, 0.4) is 0 Å². The van der Waals surface area contributed by atoms with Crippen molar-refractivity contribution in [1.29, 1.82) is 0 Å². The van der Waals surface area contributed by atoms with Gasteiger partial charge in [0.1, 0.15) is 5.84 Å². The highest BCUT2D eigenvalue weighted by Crippen LogP contribution is 2.37. The van der Waals surface area contributed by atoms with Gasteiger partial charge in [0, 0.05) is 60.9 Å². The number of carbonyl (C=O) groups excluding carboxylic acids is 1. The van der Waals surface area contributed by atoms with E-state index in [1.54, 1.807) is 13.1 Å². The van der Waals surface area contributed by atoms with Crippen molar-refractivity contribution in [2.75, 3.05) is 31.6 Å². The average Bonchev–Trinajstić information content (AvgIpc) is 2.98. The van der Waals surface area contributed by atoms with Gasteiger partial charge < -0.3 is 15.1 Å². The number of carbonyl (C=O) groups is 1. The molecule has 1 aromatic rings. The Labute approximate surface area is 223 Å². The van der Waals surface area contributed by atoms with Crippen molar-refractivity contribution in [3.8, 4) is 0 Å². The minimum Gasteiger partial charge on any atom is -0.341 e. The molecule has 1 fully saturated rings. The highest BCUT2D eigenvalue weighted by Gasteiger charge is 2.31. The summed E-state index contributed by atoms with van der Waals surface area (Å²) in [5.41, 5.74) is 1.90. The van der Waals surface area contributed by atoms with Crippen molar-refractivity contribution in [3.05, 3.63) is 27.7 Å². The van der Waals surface area contributed by atoms with Crippen LogP contribution in [-0.2, 0) is 6.42 Å². The highest BCUT2D eigenvalue weighted by molar-refractivity contribution is 9.10. The Balaban J connectivity index is 0.00000176. The fourth-order valence-electron chi connectivity index (χ4n) is 5.49. The summed E-state index contributed by atoms with van der Waals surface area (Å²) in [6.07, 6.45) is 6.61. The van der Waals surface area contributed by atoms with E-state index >= 15 is 0 Å². The third-order valence-corrected chi connectivity index (χ3v) is 8.10. The fraction of sp³-hybridized carbons (Fsp3) is 0.704. The lowest BCUT2D eigenvalue weighted by molar-refractivity contribution is 0.107. The van der Waals surface area contributed by atoms with Gasteiger partial charge in [-0.15, -0.1) is 0 Å². The summed E-state index contributed by atoms with van der Waals surface area (Å²) in [7, 11) is 1.66. The topological polar surface area (TPSA) is 51.2 Å². The Hall–Kier alpha value is -1.90. The number of amides is 2. The van der Waals surface area contributed by atoms with Gasteiger partial charge in [-0.25, -0.2) is 13.6 Å². The third-order valence-electron chi connectivity index (χ3n) is 7.42. The number of halogens is 3. The summed E-state index contributed by atoms with van der Waals surface area (Å²) in [4.78, 5) is 16.5. The molecule has 1 atom stereocenters. The van der Waals surface area contributed by atoms with Crippen molar-refractivity contribution in [2.24, 2.45) is 5.10 Å². The van der Waals surface area contributed by atoms with E-state index in [1.807, 2.05) is 24.8 Å². The number of benzene rings is 1. The lowest BCUT2D eigenvalue weighted by Crippen LogP contribution is -2.43. The molecular weight excluding hydrogens is 528 g/mol. The Morgan fingerprint density at radius 2 is 1.78 bits per heavy atom. The van der Waals surface area contributed by atoms with Gasteiger partial charge in [0.25, 0.3) is 6.43 Å². The molecule has 6 nitrogen and oxygen atoms in total. The molecule has 36 heavy (non-hydrogen) atoms. The van der Waals surface area contributed by atoms with Crippen LogP contribution in [0.1, 0.15) is 89.7 Å². The molecular formula is C27H42BrF2N5O. The Morgan fingerprint density at radius 1 is 1.06 bits per heavy atom. The van der Waals surface area contributed by atoms with Crippen molar-refractivity contribution in [3.63, 3.8) is 0 Å². The van der Waals surface area contributed by atoms with Crippen LogP contribution in [-0.4, -0.2) is 60.5 Å². The second-order valence-electron chi connectivity index (χ2n) is 9.68.